The second-order valence-electron chi connectivity index (χ2n) is 6.26. The third-order valence-electron chi connectivity index (χ3n) is 5.02. The van der Waals surface area contributed by atoms with Gasteiger partial charge in [-0.15, -0.1) is 0 Å². The van der Waals surface area contributed by atoms with Gasteiger partial charge >= 0.3 is 0 Å². The van der Waals surface area contributed by atoms with Crippen LogP contribution in [0.15, 0.2) is 24.3 Å². The van der Waals surface area contributed by atoms with E-state index >= 15 is 0 Å². The lowest BCUT2D eigenvalue weighted by Crippen LogP contribution is -2.50. The lowest BCUT2D eigenvalue weighted by Gasteiger charge is -2.46. The average Bonchev–Trinajstić information content (AvgIpc) is 2.45. The Bertz CT molecular complexity index is 429. The van der Waals surface area contributed by atoms with Crippen LogP contribution in [0.2, 0.25) is 0 Å². The minimum absolute atomic E-state index is 0.388. The number of piperidine rings is 1. The van der Waals surface area contributed by atoms with E-state index in [-0.39, 0.29) is 0 Å². The highest BCUT2D eigenvalue weighted by Gasteiger charge is 2.36. The van der Waals surface area contributed by atoms with Crippen molar-refractivity contribution in [1.82, 2.24) is 4.90 Å². The number of rotatable bonds is 3. The van der Waals surface area contributed by atoms with E-state index in [4.69, 9.17) is 5.73 Å². The minimum Gasteiger partial charge on any atom is -0.327 e. The molecule has 2 heteroatoms. The number of hydrogen-bond acceptors (Lipinski definition) is 2. The minimum atomic E-state index is 0.388. The zero-order chi connectivity index (χ0) is 13.2. The Morgan fingerprint density at radius 2 is 2.16 bits per heavy atom. The number of fused-ring (bicyclic) bond motifs is 3. The smallest absolute Gasteiger partial charge is 0.0365 e. The molecule has 0 aromatic heterocycles. The van der Waals surface area contributed by atoms with E-state index in [2.05, 4.69) is 36.1 Å². The van der Waals surface area contributed by atoms with Crippen molar-refractivity contribution in [2.45, 2.75) is 51.1 Å². The van der Waals surface area contributed by atoms with Crippen LogP contribution >= 0.6 is 0 Å². The molecule has 2 heterocycles. The van der Waals surface area contributed by atoms with E-state index in [1.54, 1.807) is 5.56 Å². The Kier molecular flexibility index (Phi) is 3.90. The van der Waals surface area contributed by atoms with Crippen molar-refractivity contribution < 1.29 is 0 Å². The van der Waals surface area contributed by atoms with Crippen molar-refractivity contribution in [1.29, 1.82) is 0 Å². The maximum absolute atomic E-state index is 6.46. The van der Waals surface area contributed by atoms with Crippen molar-refractivity contribution in [3.8, 4) is 0 Å². The van der Waals surface area contributed by atoms with E-state index in [9.17, 15) is 0 Å². The van der Waals surface area contributed by atoms with Gasteiger partial charge in [-0.2, -0.15) is 0 Å². The molecule has 0 spiro atoms. The number of unbranched alkanes of at least 4 members (excludes halogenated alkanes) is 1. The van der Waals surface area contributed by atoms with Crippen LogP contribution in [0.4, 0.5) is 0 Å². The van der Waals surface area contributed by atoms with Crippen molar-refractivity contribution in [2.75, 3.05) is 13.1 Å². The third kappa shape index (κ3) is 2.56. The van der Waals surface area contributed by atoms with Crippen LogP contribution in [0.5, 0.6) is 0 Å². The molecule has 1 aromatic rings. The lowest BCUT2D eigenvalue weighted by atomic mass is 9.79. The molecule has 2 aliphatic rings. The zero-order valence-corrected chi connectivity index (χ0v) is 12.0. The van der Waals surface area contributed by atoms with Crippen LogP contribution in [0.1, 0.15) is 49.8 Å². The number of nitrogens with zero attached hydrogens (tertiary/aromatic N) is 1. The van der Waals surface area contributed by atoms with Gasteiger partial charge in [0.05, 0.1) is 0 Å². The molecule has 0 aliphatic carbocycles. The molecule has 2 nitrogen and oxygen atoms in total. The topological polar surface area (TPSA) is 29.3 Å². The summed E-state index contributed by atoms with van der Waals surface area (Å²) in [4.78, 5) is 2.69. The Balaban J connectivity index is 1.76. The van der Waals surface area contributed by atoms with Gasteiger partial charge in [0.1, 0.15) is 0 Å². The Labute approximate surface area is 117 Å². The number of benzene rings is 1. The van der Waals surface area contributed by atoms with Crippen molar-refractivity contribution in [3.63, 3.8) is 0 Å². The third-order valence-corrected chi connectivity index (χ3v) is 5.02. The van der Waals surface area contributed by atoms with Gasteiger partial charge in [-0.25, -0.2) is 0 Å². The largest absolute Gasteiger partial charge is 0.327 e. The van der Waals surface area contributed by atoms with E-state index in [0.717, 1.165) is 6.42 Å². The molecule has 3 unspecified atom stereocenters. The monoisotopic (exact) mass is 258 g/mol. The highest BCUT2D eigenvalue weighted by Crippen LogP contribution is 2.38. The quantitative estimate of drug-likeness (QED) is 0.902. The standard InChI is InChI=1S/C17H26N2/c1-2-3-6-14-12-19-10-9-13-7-4-5-8-15(13)17(19)11-16(14)18/h4-5,7-8,14,16-17H,2-3,6,9-12,18H2,1H3. The molecule has 0 radical (unpaired) electrons. The molecule has 3 atom stereocenters. The summed E-state index contributed by atoms with van der Waals surface area (Å²) in [5.74, 6) is 0.710. The van der Waals surface area contributed by atoms with Gasteiger partial charge in [0, 0.05) is 25.2 Å². The van der Waals surface area contributed by atoms with Gasteiger partial charge in [0.15, 0.2) is 0 Å². The summed E-state index contributed by atoms with van der Waals surface area (Å²) in [5.41, 5.74) is 9.54. The molecule has 19 heavy (non-hydrogen) atoms. The summed E-state index contributed by atoms with van der Waals surface area (Å²) in [5, 5.41) is 0. The molecule has 3 rings (SSSR count). The van der Waals surface area contributed by atoms with E-state index in [1.807, 2.05) is 0 Å². The Hall–Kier alpha value is -0.860. The molecule has 2 N–H and O–H groups in total. The summed E-state index contributed by atoms with van der Waals surface area (Å²) in [7, 11) is 0. The maximum Gasteiger partial charge on any atom is 0.0365 e. The van der Waals surface area contributed by atoms with Gasteiger partial charge in [0.2, 0.25) is 0 Å². The van der Waals surface area contributed by atoms with Gasteiger partial charge in [-0.05, 0) is 36.3 Å². The van der Waals surface area contributed by atoms with Gasteiger partial charge < -0.3 is 5.73 Å². The second-order valence-corrected chi connectivity index (χ2v) is 6.26. The van der Waals surface area contributed by atoms with E-state index in [1.165, 1.54) is 44.3 Å². The highest BCUT2D eigenvalue weighted by atomic mass is 15.2. The molecule has 104 valence electrons. The molecule has 1 saturated heterocycles. The van der Waals surface area contributed by atoms with Crippen molar-refractivity contribution >= 4 is 0 Å². The predicted molar refractivity (Wildman–Crippen MR) is 80.1 cm³/mol. The van der Waals surface area contributed by atoms with Gasteiger partial charge in [-0.3, -0.25) is 4.90 Å². The first-order valence-electron chi connectivity index (χ1n) is 7.87. The number of nitrogens with two attached hydrogens (primary N) is 1. The molecular formula is C17H26N2. The van der Waals surface area contributed by atoms with E-state index < -0.39 is 0 Å². The Morgan fingerprint density at radius 1 is 1.32 bits per heavy atom. The first-order valence-corrected chi connectivity index (χ1v) is 7.87. The Morgan fingerprint density at radius 3 is 3.00 bits per heavy atom. The highest BCUT2D eigenvalue weighted by molar-refractivity contribution is 5.33. The molecule has 0 saturated carbocycles. The molecule has 1 fully saturated rings. The second kappa shape index (κ2) is 5.64. The molecule has 0 bridgehead atoms. The van der Waals surface area contributed by atoms with Crippen LogP contribution in [-0.2, 0) is 6.42 Å². The van der Waals surface area contributed by atoms with E-state index in [0.29, 0.717) is 18.0 Å². The predicted octanol–water partition coefficient (Wildman–Crippen LogP) is 3.12. The van der Waals surface area contributed by atoms with Crippen molar-refractivity contribution in [2.24, 2.45) is 11.7 Å². The van der Waals surface area contributed by atoms with Crippen LogP contribution in [-0.4, -0.2) is 24.0 Å². The summed E-state index contributed by atoms with van der Waals surface area (Å²) in [6.45, 7) is 4.70. The van der Waals surface area contributed by atoms with Crippen LogP contribution in [0.3, 0.4) is 0 Å². The summed E-state index contributed by atoms with van der Waals surface area (Å²) in [6, 6.07) is 9.92. The maximum atomic E-state index is 6.46. The fourth-order valence-corrected chi connectivity index (χ4v) is 3.86. The molecule has 0 amide bonds. The molecule has 1 aromatic carbocycles. The van der Waals surface area contributed by atoms with Crippen LogP contribution in [0, 0.1) is 5.92 Å². The lowest BCUT2D eigenvalue weighted by molar-refractivity contribution is 0.0786. The van der Waals surface area contributed by atoms with Gasteiger partial charge in [-0.1, -0.05) is 44.0 Å². The zero-order valence-electron chi connectivity index (χ0n) is 12.0. The summed E-state index contributed by atoms with van der Waals surface area (Å²) >= 11 is 0. The fraction of sp³-hybridized carbons (Fsp3) is 0.647. The first-order chi connectivity index (χ1) is 9.29. The summed E-state index contributed by atoms with van der Waals surface area (Å²) < 4.78 is 0. The first kappa shape index (κ1) is 13.1. The van der Waals surface area contributed by atoms with Crippen molar-refractivity contribution in [3.05, 3.63) is 35.4 Å². The number of hydrogen-bond donors (Lipinski definition) is 1. The van der Waals surface area contributed by atoms with Gasteiger partial charge in [0.25, 0.3) is 0 Å². The van der Waals surface area contributed by atoms with Crippen LogP contribution in [0.25, 0.3) is 0 Å². The molecule has 2 aliphatic heterocycles. The molecular weight excluding hydrogens is 232 g/mol. The summed E-state index contributed by atoms with van der Waals surface area (Å²) in [6.07, 6.45) is 6.28. The SMILES string of the molecule is CCCCC1CN2CCc3ccccc3C2CC1N. The normalized spacial score (nSPS) is 30.7. The fourth-order valence-electron chi connectivity index (χ4n) is 3.86. The van der Waals surface area contributed by atoms with Crippen LogP contribution < -0.4 is 5.73 Å². The average molecular weight is 258 g/mol.